The van der Waals surface area contributed by atoms with Crippen molar-refractivity contribution in [2.24, 2.45) is 0 Å². The van der Waals surface area contributed by atoms with Crippen LogP contribution in [0.25, 0.3) is 0 Å². The lowest BCUT2D eigenvalue weighted by Crippen LogP contribution is -2.25. The normalized spacial score (nSPS) is 16.4. The molecule has 6 heteroatoms. The number of halogens is 2. The van der Waals surface area contributed by atoms with Crippen LogP contribution in [0, 0.1) is 0 Å². The summed E-state index contributed by atoms with van der Waals surface area (Å²) in [4.78, 5) is 6.36. The smallest absolute Gasteiger partial charge is 0.234 e. The van der Waals surface area contributed by atoms with Crippen molar-refractivity contribution in [3.8, 4) is 5.88 Å². The summed E-state index contributed by atoms with van der Waals surface area (Å²) in [5.74, 6) is 0.597. The average Bonchev–Trinajstić information content (AvgIpc) is 2.78. The Hall–Kier alpha value is -0.710. The van der Waals surface area contributed by atoms with Crippen LogP contribution in [0.3, 0.4) is 0 Å². The quantitative estimate of drug-likeness (QED) is 0.917. The standard InChI is InChI=1S/C11H15Cl2N3O/c12-8-7-9(13)11(15-10(8)14)17-6-5-16-3-1-2-4-16/h7H,1-6H2,(H2,14,15). The molecular formula is C11H15Cl2N3O. The number of pyridine rings is 1. The second-order valence-corrected chi connectivity index (χ2v) is 4.85. The molecule has 2 rings (SSSR count). The molecule has 4 nitrogen and oxygen atoms in total. The van der Waals surface area contributed by atoms with Gasteiger partial charge >= 0.3 is 0 Å². The Balaban J connectivity index is 1.87. The fraction of sp³-hybridized carbons (Fsp3) is 0.545. The van der Waals surface area contributed by atoms with E-state index in [1.165, 1.54) is 12.8 Å². The van der Waals surface area contributed by atoms with Crippen LogP contribution in [-0.4, -0.2) is 36.1 Å². The molecule has 1 aliphatic heterocycles. The molecule has 1 aromatic rings. The number of nitrogens with zero attached hydrogens (tertiary/aromatic N) is 2. The van der Waals surface area contributed by atoms with Crippen LogP contribution < -0.4 is 10.5 Å². The first-order valence-corrected chi connectivity index (χ1v) is 6.39. The van der Waals surface area contributed by atoms with Gasteiger partial charge in [0.1, 0.15) is 17.4 Å². The second kappa shape index (κ2) is 5.76. The monoisotopic (exact) mass is 275 g/mol. The number of likely N-dealkylation sites (tertiary alicyclic amines) is 1. The van der Waals surface area contributed by atoms with Crippen molar-refractivity contribution in [3.05, 3.63) is 16.1 Å². The number of ether oxygens (including phenoxy) is 1. The summed E-state index contributed by atoms with van der Waals surface area (Å²) < 4.78 is 5.51. The highest BCUT2D eigenvalue weighted by Gasteiger charge is 2.12. The highest BCUT2D eigenvalue weighted by Crippen LogP contribution is 2.28. The highest BCUT2D eigenvalue weighted by atomic mass is 35.5. The van der Waals surface area contributed by atoms with E-state index in [9.17, 15) is 0 Å². The van der Waals surface area contributed by atoms with E-state index in [0.717, 1.165) is 19.6 Å². The van der Waals surface area contributed by atoms with E-state index < -0.39 is 0 Å². The Morgan fingerprint density at radius 1 is 1.29 bits per heavy atom. The zero-order chi connectivity index (χ0) is 12.3. The van der Waals surface area contributed by atoms with Gasteiger partial charge in [0.15, 0.2) is 0 Å². The first-order chi connectivity index (χ1) is 8.16. The molecule has 0 saturated carbocycles. The molecule has 0 aliphatic carbocycles. The predicted octanol–water partition coefficient (Wildman–Crippen LogP) is 2.45. The Kier molecular flexibility index (Phi) is 4.31. The van der Waals surface area contributed by atoms with E-state index >= 15 is 0 Å². The van der Waals surface area contributed by atoms with Gasteiger partial charge in [0.25, 0.3) is 0 Å². The number of hydrogen-bond donors (Lipinski definition) is 1. The van der Waals surface area contributed by atoms with Crippen LogP contribution in [0.5, 0.6) is 5.88 Å². The zero-order valence-electron chi connectivity index (χ0n) is 9.46. The van der Waals surface area contributed by atoms with Crippen molar-refractivity contribution in [2.45, 2.75) is 12.8 Å². The predicted molar refractivity (Wildman–Crippen MR) is 69.8 cm³/mol. The minimum Gasteiger partial charge on any atom is -0.475 e. The molecule has 0 amide bonds. The molecule has 17 heavy (non-hydrogen) atoms. The summed E-state index contributed by atoms with van der Waals surface area (Å²) in [7, 11) is 0. The van der Waals surface area contributed by atoms with Crippen LogP contribution in [0.15, 0.2) is 6.07 Å². The Morgan fingerprint density at radius 3 is 2.71 bits per heavy atom. The first-order valence-electron chi connectivity index (χ1n) is 5.63. The van der Waals surface area contributed by atoms with E-state index in [2.05, 4.69) is 9.88 Å². The van der Waals surface area contributed by atoms with Crippen molar-refractivity contribution in [1.29, 1.82) is 0 Å². The van der Waals surface area contributed by atoms with Gasteiger partial charge in [0, 0.05) is 6.54 Å². The molecule has 0 spiro atoms. The van der Waals surface area contributed by atoms with Crippen molar-refractivity contribution in [1.82, 2.24) is 9.88 Å². The third-order valence-electron chi connectivity index (χ3n) is 2.77. The Bertz CT molecular complexity index is 395. The third kappa shape index (κ3) is 3.37. The van der Waals surface area contributed by atoms with Gasteiger partial charge in [-0.15, -0.1) is 0 Å². The molecule has 0 bridgehead atoms. The molecule has 0 unspecified atom stereocenters. The maximum atomic E-state index is 5.96. The van der Waals surface area contributed by atoms with E-state index in [1.807, 2.05) is 0 Å². The highest BCUT2D eigenvalue weighted by molar-refractivity contribution is 6.36. The van der Waals surface area contributed by atoms with E-state index in [0.29, 0.717) is 22.5 Å². The van der Waals surface area contributed by atoms with E-state index in [4.69, 9.17) is 33.7 Å². The van der Waals surface area contributed by atoms with Gasteiger partial charge in [-0.2, -0.15) is 4.98 Å². The number of hydrogen-bond acceptors (Lipinski definition) is 4. The van der Waals surface area contributed by atoms with Crippen LogP contribution in [0.2, 0.25) is 10.0 Å². The fourth-order valence-corrected chi connectivity index (χ4v) is 2.26. The number of aromatic nitrogens is 1. The Morgan fingerprint density at radius 2 is 2.00 bits per heavy atom. The van der Waals surface area contributed by atoms with Crippen molar-refractivity contribution in [2.75, 3.05) is 32.0 Å². The summed E-state index contributed by atoms with van der Waals surface area (Å²) in [6.45, 7) is 3.74. The van der Waals surface area contributed by atoms with Crippen molar-refractivity contribution < 1.29 is 4.74 Å². The van der Waals surface area contributed by atoms with Gasteiger partial charge < -0.3 is 10.5 Å². The third-order valence-corrected chi connectivity index (χ3v) is 3.34. The number of nitrogens with two attached hydrogens (primary N) is 1. The van der Waals surface area contributed by atoms with Crippen molar-refractivity contribution in [3.63, 3.8) is 0 Å². The molecule has 1 aliphatic rings. The van der Waals surface area contributed by atoms with Gasteiger partial charge in [-0.05, 0) is 32.0 Å². The molecular weight excluding hydrogens is 261 g/mol. The largest absolute Gasteiger partial charge is 0.475 e. The van der Waals surface area contributed by atoms with Crippen LogP contribution in [-0.2, 0) is 0 Å². The minimum absolute atomic E-state index is 0.243. The number of nitrogen functional groups attached to an aromatic ring is 1. The topological polar surface area (TPSA) is 51.4 Å². The molecule has 1 fully saturated rings. The van der Waals surface area contributed by atoms with Gasteiger partial charge in [-0.3, -0.25) is 4.90 Å². The molecule has 0 atom stereocenters. The molecule has 0 radical (unpaired) electrons. The van der Waals surface area contributed by atoms with Crippen LogP contribution >= 0.6 is 23.2 Å². The average molecular weight is 276 g/mol. The van der Waals surface area contributed by atoms with Crippen molar-refractivity contribution >= 4 is 29.0 Å². The number of rotatable bonds is 4. The zero-order valence-corrected chi connectivity index (χ0v) is 11.0. The summed E-state index contributed by atoms with van der Waals surface area (Å²) in [5.41, 5.74) is 5.59. The molecule has 94 valence electrons. The first kappa shape index (κ1) is 12.7. The van der Waals surface area contributed by atoms with Gasteiger partial charge in [-0.1, -0.05) is 23.2 Å². The molecule has 1 saturated heterocycles. The van der Waals surface area contributed by atoms with Crippen LogP contribution in [0.1, 0.15) is 12.8 Å². The van der Waals surface area contributed by atoms with Gasteiger partial charge in [0.2, 0.25) is 5.88 Å². The molecule has 2 heterocycles. The van der Waals surface area contributed by atoms with Gasteiger partial charge in [-0.25, -0.2) is 0 Å². The lowest BCUT2D eigenvalue weighted by Gasteiger charge is -2.15. The fourth-order valence-electron chi connectivity index (χ4n) is 1.84. The molecule has 2 N–H and O–H groups in total. The molecule has 0 aromatic carbocycles. The van der Waals surface area contributed by atoms with Gasteiger partial charge in [0.05, 0.1) is 5.02 Å². The van der Waals surface area contributed by atoms with E-state index in [1.54, 1.807) is 6.07 Å². The SMILES string of the molecule is Nc1nc(OCCN2CCCC2)c(Cl)cc1Cl. The summed E-state index contributed by atoms with van der Waals surface area (Å²) >= 11 is 11.7. The maximum Gasteiger partial charge on any atom is 0.234 e. The molecule has 1 aromatic heterocycles. The lowest BCUT2D eigenvalue weighted by molar-refractivity contribution is 0.232. The summed E-state index contributed by atoms with van der Waals surface area (Å²) in [5, 5.41) is 0.743. The second-order valence-electron chi connectivity index (χ2n) is 4.04. The van der Waals surface area contributed by atoms with E-state index in [-0.39, 0.29) is 5.82 Å². The Labute approximate surface area is 111 Å². The lowest BCUT2D eigenvalue weighted by atomic mass is 10.4. The maximum absolute atomic E-state index is 5.96. The summed E-state index contributed by atoms with van der Waals surface area (Å²) in [6, 6.07) is 1.55. The minimum atomic E-state index is 0.243. The summed E-state index contributed by atoms with van der Waals surface area (Å²) in [6.07, 6.45) is 2.54. The van der Waals surface area contributed by atoms with Crippen LogP contribution in [0.4, 0.5) is 5.82 Å². The number of anilines is 1.